The quantitative estimate of drug-likeness (QED) is 0.926. The van der Waals surface area contributed by atoms with E-state index in [9.17, 15) is 0 Å². The fourth-order valence-corrected chi connectivity index (χ4v) is 2.45. The van der Waals surface area contributed by atoms with Gasteiger partial charge >= 0.3 is 0 Å². The number of nitrogens with two attached hydrogens (primary N) is 1. The van der Waals surface area contributed by atoms with E-state index < -0.39 is 0 Å². The maximum Gasteiger partial charge on any atom is 0.131 e. The molecule has 106 valence electrons. The van der Waals surface area contributed by atoms with Crippen molar-refractivity contribution in [1.29, 1.82) is 0 Å². The smallest absolute Gasteiger partial charge is 0.131 e. The van der Waals surface area contributed by atoms with E-state index >= 15 is 0 Å². The van der Waals surface area contributed by atoms with Crippen molar-refractivity contribution in [2.24, 2.45) is 0 Å². The average molecular weight is 269 g/mol. The summed E-state index contributed by atoms with van der Waals surface area (Å²) in [7, 11) is 2.08. The zero-order valence-corrected chi connectivity index (χ0v) is 12.8. The SMILES string of the molecule is Cc1ccc(C)c(CCN(C)c2ncc(N)cc2C)c1. The van der Waals surface area contributed by atoms with E-state index in [0.717, 1.165) is 24.3 Å². The third-order valence-electron chi connectivity index (χ3n) is 3.65. The van der Waals surface area contributed by atoms with Gasteiger partial charge in [0.05, 0.1) is 11.9 Å². The molecule has 0 spiro atoms. The van der Waals surface area contributed by atoms with Crippen molar-refractivity contribution >= 4 is 11.5 Å². The van der Waals surface area contributed by atoms with Crippen molar-refractivity contribution in [3.05, 3.63) is 52.7 Å². The van der Waals surface area contributed by atoms with Crippen LogP contribution in [-0.4, -0.2) is 18.6 Å². The average Bonchev–Trinajstić information content (AvgIpc) is 2.39. The first-order chi connectivity index (χ1) is 9.47. The lowest BCUT2D eigenvalue weighted by Gasteiger charge is -2.21. The molecule has 2 aromatic rings. The summed E-state index contributed by atoms with van der Waals surface area (Å²) in [6.07, 6.45) is 2.74. The molecule has 1 aromatic carbocycles. The van der Waals surface area contributed by atoms with E-state index in [4.69, 9.17) is 5.73 Å². The van der Waals surface area contributed by atoms with Gasteiger partial charge in [-0.1, -0.05) is 23.8 Å². The number of hydrogen-bond acceptors (Lipinski definition) is 3. The van der Waals surface area contributed by atoms with E-state index in [1.807, 2.05) is 13.0 Å². The Morgan fingerprint density at radius 2 is 1.85 bits per heavy atom. The Hall–Kier alpha value is -2.03. The number of nitrogens with zero attached hydrogens (tertiary/aromatic N) is 2. The highest BCUT2D eigenvalue weighted by molar-refractivity contribution is 5.52. The van der Waals surface area contributed by atoms with Gasteiger partial charge in [0.1, 0.15) is 5.82 Å². The Balaban J connectivity index is 2.08. The first kappa shape index (κ1) is 14.4. The van der Waals surface area contributed by atoms with Crippen LogP contribution in [0.2, 0.25) is 0 Å². The molecular weight excluding hydrogens is 246 g/mol. The Labute approximate surface area is 121 Å². The lowest BCUT2D eigenvalue weighted by molar-refractivity contribution is 0.850. The minimum Gasteiger partial charge on any atom is -0.397 e. The zero-order valence-electron chi connectivity index (χ0n) is 12.8. The van der Waals surface area contributed by atoms with Crippen LogP contribution >= 0.6 is 0 Å². The minimum absolute atomic E-state index is 0.717. The van der Waals surface area contributed by atoms with E-state index in [1.54, 1.807) is 6.20 Å². The molecule has 0 bridgehead atoms. The largest absolute Gasteiger partial charge is 0.397 e. The van der Waals surface area contributed by atoms with Gasteiger partial charge in [-0.3, -0.25) is 0 Å². The molecule has 0 aliphatic heterocycles. The van der Waals surface area contributed by atoms with Crippen LogP contribution in [0.1, 0.15) is 22.3 Å². The zero-order chi connectivity index (χ0) is 14.7. The number of hydrogen-bond donors (Lipinski definition) is 1. The van der Waals surface area contributed by atoms with Crippen molar-refractivity contribution in [2.45, 2.75) is 27.2 Å². The third-order valence-corrected chi connectivity index (χ3v) is 3.65. The molecule has 0 radical (unpaired) electrons. The van der Waals surface area contributed by atoms with Gasteiger partial charge in [0.15, 0.2) is 0 Å². The number of nitrogen functional groups attached to an aromatic ring is 1. The molecule has 1 aromatic heterocycles. The van der Waals surface area contributed by atoms with Crippen molar-refractivity contribution < 1.29 is 0 Å². The van der Waals surface area contributed by atoms with E-state index in [0.29, 0.717) is 5.69 Å². The van der Waals surface area contributed by atoms with Crippen molar-refractivity contribution in [3.8, 4) is 0 Å². The second-order valence-corrected chi connectivity index (χ2v) is 5.51. The maximum absolute atomic E-state index is 5.75. The number of rotatable bonds is 4. The monoisotopic (exact) mass is 269 g/mol. The predicted molar refractivity (Wildman–Crippen MR) is 86.3 cm³/mol. The molecule has 0 saturated carbocycles. The minimum atomic E-state index is 0.717. The van der Waals surface area contributed by atoms with Crippen LogP contribution in [0.15, 0.2) is 30.5 Å². The standard InChI is InChI=1S/C17H23N3/c1-12-5-6-13(2)15(9-12)7-8-20(4)17-14(3)10-16(18)11-19-17/h5-6,9-11H,7-8,18H2,1-4H3. The van der Waals surface area contributed by atoms with Gasteiger partial charge in [0.25, 0.3) is 0 Å². The van der Waals surface area contributed by atoms with Crippen LogP contribution in [0, 0.1) is 20.8 Å². The number of anilines is 2. The number of aryl methyl sites for hydroxylation is 3. The summed E-state index contributed by atoms with van der Waals surface area (Å²) in [6, 6.07) is 8.59. The third kappa shape index (κ3) is 3.29. The highest BCUT2D eigenvalue weighted by atomic mass is 15.2. The summed E-state index contributed by atoms with van der Waals surface area (Å²) in [5.41, 5.74) is 11.7. The fraction of sp³-hybridized carbons (Fsp3) is 0.353. The lowest BCUT2D eigenvalue weighted by atomic mass is 10.0. The molecule has 0 aliphatic rings. The highest BCUT2D eigenvalue weighted by Gasteiger charge is 2.07. The Bertz CT molecular complexity index is 605. The highest BCUT2D eigenvalue weighted by Crippen LogP contribution is 2.19. The molecule has 0 amide bonds. The van der Waals surface area contributed by atoms with Gasteiger partial charge in [-0.15, -0.1) is 0 Å². The molecule has 0 aliphatic carbocycles. The Kier molecular flexibility index (Phi) is 4.28. The van der Waals surface area contributed by atoms with Crippen LogP contribution < -0.4 is 10.6 Å². The normalized spacial score (nSPS) is 10.6. The van der Waals surface area contributed by atoms with Gasteiger partial charge < -0.3 is 10.6 Å². The van der Waals surface area contributed by atoms with E-state index in [-0.39, 0.29) is 0 Å². The van der Waals surface area contributed by atoms with E-state index in [2.05, 4.69) is 49.0 Å². The van der Waals surface area contributed by atoms with Crippen LogP contribution in [0.25, 0.3) is 0 Å². The van der Waals surface area contributed by atoms with Crippen LogP contribution in [0.4, 0.5) is 11.5 Å². The van der Waals surface area contributed by atoms with Crippen molar-refractivity contribution in [2.75, 3.05) is 24.2 Å². The van der Waals surface area contributed by atoms with Gasteiger partial charge in [0.2, 0.25) is 0 Å². The molecule has 0 saturated heterocycles. The molecule has 3 heteroatoms. The summed E-state index contributed by atoms with van der Waals surface area (Å²) in [6.45, 7) is 7.30. The summed E-state index contributed by atoms with van der Waals surface area (Å²) < 4.78 is 0. The predicted octanol–water partition coefficient (Wildman–Crippen LogP) is 3.27. The summed E-state index contributed by atoms with van der Waals surface area (Å²) in [4.78, 5) is 6.62. The molecule has 0 unspecified atom stereocenters. The Morgan fingerprint density at radius 3 is 2.55 bits per heavy atom. The molecular formula is C17H23N3. The first-order valence-corrected chi connectivity index (χ1v) is 6.97. The number of likely N-dealkylation sites (N-methyl/N-ethyl adjacent to an activating group) is 1. The molecule has 20 heavy (non-hydrogen) atoms. The summed E-state index contributed by atoms with van der Waals surface area (Å²) in [5.74, 6) is 1.00. The first-order valence-electron chi connectivity index (χ1n) is 6.97. The van der Waals surface area contributed by atoms with Crippen molar-refractivity contribution in [1.82, 2.24) is 4.98 Å². The molecule has 0 fully saturated rings. The molecule has 0 atom stereocenters. The van der Waals surface area contributed by atoms with Gasteiger partial charge in [-0.25, -0.2) is 4.98 Å². The Morgan fingerprint density at radius 1 is 1.10 bits per heavy atom. The fourth-order valence-electron chi connectivity index (χ4n) is 2.45. The van der Waals surface area contributed by atoms with Crippen LogP contribution in [0.3, 0.4) is 0 Å². The number of pyridine rings is 1. The second-order valence-electron chi connectivity index (χ2n) is 5.51. The summed E-state index contributed by atoms with van der Waals surface area (Å²) in [5, 5.41) is 0. The van der Waals surface area contributed by atoms with Crippen LogP contribution in [-0.2, 0) is 6.42 Å². The molecule has 2 rings (SSSR count). The lowest BCUT2D eigenvalue weighted by Crippen LogP contribution is -2.22. The second kappa shape index (κ2) is 5.95. The number of benzene rings is 1. The number of aromatic nitrogens is 1. The van der Waals surface area contributed by atoms with Gasteiger partial charge in [-0.2, -0.15) is 0 Å². The topological polar surface area (TPSA) is 42.2 Å². The van der Waals surface area contributed by atoms with Crippen LogP contribution in [0.5, 0.6) is 0 Å². The molecule has 1 heterocycles. The summed E-state index contributed by atoms with van der Waals surface area (Å²) >= 11 is 0. The maximum atomic E-state index is 5.75. The van der Waals surface area contributed by atoms with Gasteiger partial charge in [0, 0.05) is 13.6 Å². The van der Waals surface area contributed by atoms with Crippen molar-refractivity contribution in [3.63, 3.8) is 0 Å². The molecule has 2 N–H and O–H groups in total. The van der Waals surface area contributed by atoms with Gasteiger partial charge in [-0.05, 0) is 49.9 Å². The molecule has 3 nitrogen and oxygen atoms in total. The van der Waals surface area contributed by atoms with E-state index in [1.165, 1.54) is 16.7 Å².